The van der Waals surface area contributed by atoms with Crippen LogP contribution < -0.4 is 0 Å². The Morgan fingerprint density at radius 2 is 1.88 bits per heavy atom. The van der Waals surface area contributed by atoms with E-state index < -0.39 is 0 Å². The quantitative estimate of drug-likeness (QED) is 0.755. The number of hydrogen-bond acceptors (Lipinski definition) is 3. The molecule has 2 aliphatic heterocycles. The molecule has 4 nitrogen and oxygen atoms in total. The summed E-state index contributed by atoms with van der Waals surface area (Å²) in [5.41, 5.74) is -0.231. The predicted octanol–water partition coefficient (Wildman–Crippen LogP) is 3.67. The Hall–Kier alpha value is -1.49. The maximum atomic E-state index is 13.2. The van der Waals surface area contributed by atoms with Crippen molar-refractivity contribution >= 4 is 23.6 Å². The van der Waals surface area contributed by atoms with Gasteiger partial charge in [-0.15, -0.1) is 11.8 Å². The van der Waals surface area contributed by atoms with Crippen LogP contribution in [0, 0.1) is 10.8 Å². The average Bonchev–Trinajstić information content (AvgIpc) is 3.02. The van der Waals surface area contributed by atoms with Crippen LogP contribution in [-0.4, -0.2) is 53.5 Å². The molecule has 2 aliphatic rings. The van der Waals surface area contributed by atoms with Crippen molar-refractivity contribution < 1.29 is 9.59 Å². The first-order chi connectivity index (χ1) is 12.3. The number of piperidine rings is 1. The van der Waals surface area contributed by atoms with E-state index in [1.165, 1.54) is 0 Å². The summed E-state index contributed by atoms with van der Waals surface area (Å²) in [5, 5.41) is 0. The van der Waals surface area contributed by atoms with Gasteiger partial charge < -0.3 is 9.80 Å². The van der Waals surface area contributed by atoms with E-state index in [9.17, 15) is 9.59 Å². The molecule has 0 bridgehead atoms. The largest absolute Gasteiger partial charge is 0.342 e. The van der Waals surface area contributed by atoms with Gasteiger partial charge in [0, 0.05) is 31.1 Å². The number of nitrogens with zero attached hydrogens (tertiary/aromatic N) is 2. The van der Waals surface area contributed by atoms with Crippen LogP contribution in [0.5, 0.6) is 0 Å². The normalized spacial score (nSPS) is 23.7. The highest BCUT2D eigenvalue weighted by molar-refractivity contribution is 8.00. The van der Waals surface area contributed by atoms with Gasteiger partial charge in [0.1, 0.15) is 0 Å². The average molecular weight is 375 g/mol. The van der Waals surface area contributed by atoms with E-state index >= 15 is 0 Å². The lowest BCUT2D eigenvalue weighted by molar-refractivity contribution is -0.147. The van der Waals surface area contributed by atoms with Crippen molar-refractivity contribution in [2.45, 2.75) is 44.9 Å². The minimum atomic E-state index is -0.337. The van der Waals surface area contributed by atoms with Gasteiger partial charge >= 0.3 is 0 Å². The maximum Gasteiger partial charge on any atom is 0.232 e. The molecule has 0 aromatic heterocycles. The van der Waals surface area contributed by atoms with Gasteiger partial charge in [0.15, 0.2) is 0 Å². The third-order valence-corrected chi connectivity index (χ3v) is 6.30. The lowest BCUT2D eigenvalue weighted by atomic mass is 9.77. The van der Waals surface area contributed by atoms with E-state index in [1.807, 2.05) is 40.1 Å². The van der Waals surface area contributed by atoms with E-state index in [4.69, 9.17) is 0 Å². The predicted molar refractivity (Wildman–Crippen MR) is 106 cm³/mol. The van der Waals surface area contributed by atoms with E-state index in [0.717, 1.165) is 37.2 Å². The highest BCUT2D eigenvalue weighted by Crippen LogP contribution is 2.41. The lowest BCUT2D eigenvalue weighted by Crippen LogP contribution is -2.52. The fourth-order valence-electron chi connectivity index (χ4n) is 4.09. The summed E-state index contributed by atoms with van der Waals surface area (Å²) < 4.78 is 0. The smallest absolute Gasteiger partial charge is 0.232 e. The van der Waals surface area contributed by atoms with Gasteiger partial charge in [-0.05, 0) is 36.8 Å². The molecule has 2 heterocycles. The van der Waals surface area contributed by atoms with Crippen LogP contribution in [0.1, 0.15) is 40.0 Å². The van der Waals surface area contributed by atoms with Crippen LogP contribution in [0.25, 0.3) is 0 Å². The van der Waals surface area contributed by atoms with E-state index in [1.54, 1.807) is 11.8 Å². The molecule has 0 N–H and O–H groups in total. The summed E-state index contributed by atoms with van der Waals surface area (Å²) in [4.78, 5) is 30.9. The van der Waals surface area contributed by atoms with Gasteiger partial charge in [-0.3, -0.25) is 9.59 Å². The zero-order valence-electron chi connectivity index (χ0n) is 16.2. The molecule has 0 unspecified atom stereocenters. The number of likely N-dealkylation sites (tertiary alicyclic amines) is 2. The summed E-state index contributed by atoms with van der Waals surface area (Å²) in [6, 6.07) is 10.0. The second-order valence-corrected chi connectivity index (χ2v) is 9.89. The molecule has 0 saturated carbocycles. The number of benzene rings is 1. The first-order valence-electron chi connectivity index (χ1n) is 9.54. The van der Waals surface area contributed by atoms with Crippen molar-refractivity contribution in [3.63, 3.8) is 0 Å². The van der Waals surface area contributed by atoms with Crippen LogP contribution in [0.15, 0.2) is 35.2 Å². The second-order valence-electron chi connectivity index (χ2n) is 8.84. The Bertz CT molecular complexity index is 656. The summed E-state index contributed by atoms with van der Waals surface area (Å²) in [6.07, 6.45) is 2.78. The van der Waals surface area contributed by atoms with E-state index in [0.29, 0.717) is 18.8 Å². The Morgan fingerprint density at radius 3 is 2.58 bits per heavy atom. The molecule has 5 heteroatoms. The van der Waals surface area contributed by atoms with Gasteiger partial charge in [0.2, 0.25) is 11.8 Å². The minimum absolute atomic E-state index is 0.106. The molecule has 3 rings (SSSR count). The molecular formula is C21H30N2O2S. The first-order valence-corrected chi connectivity index (χ1v) is 10.5. The molecule has 2 amide bonds. The number of hydrogen-bond donors (Lipinski definition) is 0. The Morgan fingerprint density at radius 1 is 1.15 bits per heavy atom. The lowest BCUT2D eigenvalue weighted by Gasteiger charge is -2.41. The summed E-state index contributed by atoms with van der Waals surface area (Å²) in [7, 11) is 0. The topological polar surface area (TPSA) is 40.6 Å². The van der Waals surface area contributed by atoms with Crippen LogP contribution in [0.2, 0.25) is 0 Å². The van der Waals surface area contributed by atoms with Crippen molar-refractivity contribution in [2.75, 3.05) is 31.9 Å². The van der Waals surface area contributed by atoms with Crippen molar-refractivity contribution in [1.29, 1.82) is 0 Å². The zero-order valence-corrected chi connectivity index (χ0v) is 17.0. The standard InChI is InChI=1S/C21H30N2O2S/c1-20(2,3)15-23-12-7-10-21(19(23)25)11-13-22(16-21)18(24)14-26-17-8-5-4-6-9-17/h4-6,8-9H,7,10-16H2,1-3H3/t21-/m0/s1. The van der Waals surface area contributed by atoms with Gasteiger partial charge in [0.05, 0.1) is 11.2 Å². The molecule has 1 atom stereocenters. The number of carbonyl (C=O) groups excluding carboxylic acids is 2. The van der Waals surface area contributed by atoms with Crippen molar-refractivity contribution in [3.05, 3.63) is 30.3 Å². The number of thioether (sulfide) groups is 1. The first kappa shape index (κ1) is 19.3. The van der Waals surface area contributed by atoms with Crippen molar-refractivity contribution in [1.82, 2.24) is 9.80 Å². The molecule has 2 saturated heterocycles. The Labute approximate surface area is 161 Å². The molecule has 26 heavy (non-hydrogen) atoms. The highest BCUT2D eigenvalue weighted by Gasteiger charge is 2.49. The zero-order chi connectivity index (χ0) is 18.8. The fraction of sp³-hybridized carbons (Fsp3) is 0.619. The van der Waals surface area contributed by atoms with E-state index in [-0.39, 0.29) is 22.6 Å². The second kappa shape index (κ2) is 7.63. The molecule has 2 fully saturated rings. The Kier molecular flexibility index (Phi) is 5.66. The summed E-state index contributed by atoms with van der Waals surface area (Å²) in [6.45, 7) is 9.48. The van der Waals surface area contributed by atoms with Gasteiger partial charge in [-0.1, -0.05) is 39.0 Å². The fourth-order valence-corrected chi connectivity index (χ4v) is 4.91. The van der Waals surface area contributed by atoms with Crippen molar-refractivity contribution in [2.24, 2.45) is 10.8 Å². The highest BCUT2D eigenvalue weighted by atomic mass is 32.2. The molecular weight excluding hydrogens is 344 g/mol. The van der Waals surface area contributed by atoms with Crippen molar-refractivity contribution in [3.8, 4) is 0 Å². The number of amides is 2. The third-order valence-electron chi connectivity index (χ3n) is 5.30. The number of carbonyl (C=O) groups is 2. The van der Waals surface area contributed by atoms with Gasteiger partial charge in [-0.2, -0.15) is 0 Å². The number of rotatable bonds is 4. The maximum absolute atomic E-state index is 13.2. The molecule has 0 aliphatic carbocycles. The molecule has 1 aromatic carbocycles. The van der Waals surface area contributed by atoms with Gasteiger partial charge in [0.25, 0.3) is 0 Å². The monoisotopic (exact) mass is 374 g/mol. The summed E-state index contributed by atoms with van der Waals surface area (Å²) in [5.74, 6) is 0.862. The third kappa shape index (κ3) is 4.43. The van der Waals surface area contributed by atoms with Crippen LogP contribution >= 0.6 is 11.8 Å². The minimum Gasteiger partial charge on any atom is -0.342 e. The van der Waals surface area contributed by atoms with Crippen LogP contribution in [0.4, 0.5) is 0 Å². The van der Waals surface area contributed by atoms with Crippen LogP contribution in [-0.2, 0) is 9.59 Å². The SMILES string of the molecule is CC(C)(C)CN1CCC[C@@]2(CCN(C(=O)CSc3ccccc3)C2)C1=O. The summed E-state index contributed by atoms with van der Waals surface area (Å²) >= 11 is 1.57. The van der Waals surface area contributed by atoms with E-state index in [2.05, 4.69) is 20.8 Å². The molecule has 1 spiro atoms. The molecule has 142 valence electrons. The van der Waals surface area contributed by atoms with Crippen LogP contribution in [0.3, 0.4) is 0 Å². The Balaban J connectivity index is 1.59. The molecule has 1 aromatic rings. The van der Waals surface area contributed by atoms with Gasteiger partial charge in [-0.25, -0.2) is 0 Å². The molecule has 0 radical (unpaired) electrons.